The minimum atomic E-state index is -0.0701. The number of aliphatic hydroxyl groups is 1. The zero-order chi connectivity index (χ0) is 32.6. The lowest BCUT2D eigenvalue weighted by molar-refractivity contribution is -0.0678. The van der Waals surface area contributed by atoms with Crippen LogP contribution in [0.5, 0.6) is 0 Å². The molecule has 4 heteroatoms. The molecule has 45 heavy (non-hydrogen) atoms. The van der Waals surface area contributed by atoms with Crippen LogP contribution < -0.4 is 0 Å². The van der Waals surface area contributed by atoms with Crippen molar-refractivity contribution in [3.8, 4) is 0 Å². The molecule has 0 heterocycles. The Bertz CT molecular complexity index is 460. The Hall–Kier alpha value is -0.160. The summed E-state index contributed by atoms with van der Waals surface area (Å²) in [6.45, 7) is 7.73. The maximum atomic E-state index is 9.16. The first kappa shape index (κ1) is 44.8. The van der Waals surface area contributed by atoms with Crippen LogP contribution in [-0.4, -0.2) is 50.9 Å². The third-order valence-electron chi connectivity index (χ3n) is 9.34. The van der Waals surface area contributed by atoms with Gasteiger partial charge in [0, 0.05) is 13.2 Å². The minimum absolute atomic E-state index is 0.0503. The third kappa shape index (κ3) is 39.9. The molecule has 0 aliphatic carbocycles. The van der Waals surface area contributed by atoms with Crippen molar-refractivity contribution < 1.29 is 19.3 Å². The quantitative estimate of drug-likeness (QED) is 0.0675. The lowest BCUT2D eigenvalue weighted by atomic mass is 10.0. The van der Waals surface area contributed by atoms with E-state index >= 15 is 0 Å². The molecule has 1 N–H and O–H groups in total. The average Bonchev–Trinajstić information content (AvgIpc) is 3.05. The second-order valence-electron chi connectivity index (χ2n) is 14.0. The Labute approximate surface area is 283 Å². The summed E-state index contributed by atoms with van der Waals surface area (Å²) in [6, 6.07) is 0. The van der Waals surface area contributed by atoms with Crippen molar-refractivity contribution in [2.75, 3.05) is 39.6 Å². The number of rotatable bonds is 41. The molecule has 0 saturated heterocycles. The molecule has 0 aromatic rings. The van der Waals surface area contributed by atoms with Crippen molar-refractivity contribution in [2.45, 2.75) is 225 Å². The van der Waals surface area contributed by atoms with Crippen molar-refractivity contribution in [1.29, 1.82) is 0 Å². The summed E-state index contributed by atoms with van der Waals surface area (Å²) in [5.41, 5.74) is 0. The second kappa shape index (κ2) is 41.9. The van der Waals surface area contributed by atoms with E-state index in [1.54, 1.807) is 0 Å². The van der Waals surface area contributed by atoms with Crippen molar-refractivity contribution >= 4 is 0 Å². The van der Waals surface area contributed by atoms with E-state index in [0.717, 1.165) is 26.1 Å². The highest BCUT2D eigenvalue weighted by Crippen LogP contribution is 2.15. The van der Waals surface area contributed by atoms with E-state index in [-0.39, 0.29) is 12.7 Å². The molecule has 0 spiro atoms. The van der Waals surface area contributed by atoms with E-state index in [9.17, 15) is 0 Å². The van der Waals surface area contributed by atoms with Crippen LogP contribution in [-0.2, 0) is 14.2 Å². The largest absolute Gasteiger partial charge is 0.394 e. The van der Waals surface area contributed by atoms with E-state index in [1.807, 2.05) is 0 Å². The number of hydrogen-bond donors (Lipinski definition) is 1. The molecular formula is C41H84O4. The summed E-state index contributed by atoms with van der Waals surface area (Å²) in [6.07, 6.45) is 44.4. The van der Waals surface area contributed by atoms with Gasteiger partial charge in [0.05, 0.1) is 26.4 Å². The van der Waals surface area contributed by atoms with Gasteiger partial charge in [0.1, 0.15) is 6.10 Å². The molecule has 0 bridgehead atoms. The van der Waals surface area contributed by atoms with Crippen LogP contribution in [0.1, 0.15) is 219 Å². The standard InChI is InChI=1S/C41H84O4/c1-3-5-7-9-11-13-15-17-19-21-23-25-27-29-31-33-36-43-39-41(45-38-35-42)40-44-37-34-32-30-28-26-24-22-20-18-16-14-12-10-8-6-4-2/h41-42H,3-40H2,1-2H3. The van der Waals surface area contributed by atoms with Crippen LogP contribution in [0.2, 0.25) is 0 Å². The van der Waals surface area contributed by atoms with Gasteiger partial charge in [0.2, 0.25) is 0 Å². The van der Waals surface area contributed by atoms with Crippen molar-refractivity contribution in [1.82, 2.24) is 0 Å². The molecule has 0 saturated carbocycles. The van der Waals surface area contributed by atoms with Crippen LogP contribution in [0.4, 0.5) is 0 Å². The van der Waals surface area contributed by atoms with Gasteiger partial charge in [-0.15, -0.1) is 0 Å². The summed E-state index contributed by atoms with van der Waals surface area (Å²) >= 11 is 0. The molecular weight excluding hydrogens is 556 g/mol. The fourth-order valence-corrected chi connectivity index (χ4v) is 6.30. The van der Waals surface area contributed by atoms with E-state index in [1.165, 1.54) is 193 Å². The second-order valence-corrected chi connectivity index (χ2v) is 14.0. The molecule has 0 amide bonds. The fraction of sp³-hybridized carbons (Fsp3) is 1.00. The zero-order valence-corrected chi connectivity index (χ0v) is 31.1. The molecule has 0 unspecified atom stereocenters. The highest BCUT2D eigenvalue weighted by atomic mass is 16.6. The normalized spacial score (nSPS) is 11.7. The van der Waals surface area contributed by atoms with E-state index < -0.39 is 0 Å². The number of unbranched alkanes of at least 4 members (excludes halogenated alkanes) is 30. The van der Waals surface area contributed by atoms with Gasteiger partial charge >= 0.3 is 0 Å². The topological polar surface area (TPSA) is 47.9 Å². The van der Waals surface area contributed by atoms with E-state index in [4.69, 9.17) is 19.3 Å². The Kier molecular flexibility index (Phi) is 41.7. The molecule has 0 aromatic heterocycles. The number of hydrogen-bond acceptors (Lipinski definition) is 4. The summed E-state index contributed by atoms with van der Waals surface area (Å²) < 4.78 is 17.6. The van der Waals surface area contributed by atoms with E-state index in [2.05, 4.69) is 13.8 Å². The highest BCUT2D eigenvalue weighted by molar-refractivity contribution is 4.57. The van der Waals surface area contributed by atoms with Crippen LogP contribution in [0.25, 0.3) is 0 Å². The van der Waals surface area contributed by atoms with Crippen LogP contribution in [0.15, 0.2) is 0 Å². The van der Waals surface area contributed by atoms with Gasteiger partial charge in [0.25, 0.3) is 0 Å². The molecule has 4 nitrogen and oxygen atoms in total. The fourth-order valence-electron chi connectivity index (χ4n) is 6.30. The summed E-state index contributed by atoms with van der Waals surface area (Å²) in [4.78, 5) is 0. The van der Waals surface area contributed by atoms with Gasteiger partial charge in [-0.05, 0) is 12.8 Å². The molecule has 0 rings (SSSR count). The van der Waals surface area contributed by atoms with Gasteiger partial charge < -0.3 is 19.3 Å². The van der Waals surface area contributed by atoms with Gasteiger partial charge in [-0.1, -0.05) is 206 Å². The Morgan fingerprint density at radius 3 is 0.822 bits per heavy atom. The third-order valence-corrected chi connectivity index (χ3v) is 9.34. The Morgan fingerprint density at radius 1 is 0.333 bits per heavy atom. The molecule has 0 atom stereocenters. The SMILES string of the molecule is CCCCCCCCCCCCCCCCCCOCC(COCCCCCCCCCCCCCCCCCC)OCCO. The number of ether oxygens (including phenoxy) is 3. The molecule has 0 aliphatic rings. The van der Waals surface area contributed by atoms with Crippen molar-refractivity contribution in [3.63, 3.8) is 0 Å². The maximum absolute atomic E-state index is 9.16. The minimum Gasteiger partial charge on any atom is -0.394 e. The Balaban J connectivity index is 3.42. The predicted molar refractivity (Wildman–Crippen MR) is 198 cm³/mol. The first-order chi connectivity index (χ1) is 22.3. The predicted octanol–water partition coefficient (Wildman–Crippen LogP) is 12.9. The monoisotopic (exact) mass is 641 g/mol. The molecule has 0 aromatic carbocycles. The maximum Gasteiger partial charge on any atom is 0.104 e. The van der Waals surface area contributed by atoms with Crippen LogP contribution in [0, 0.1) is 0 Å². The lowest BCUT2D eigenvalue weighted by Gasteiger charge is -2.18. The highest BCUT2D eigenvalue weighted by Gasteiger charge is 2.10. The van der Waals surface area contributed by atoms with Crippen molar-refractivity contribution in [2.24, 2.45) is 0 Å². The number of aliphatic hydroxyl groups excluding tert-OH is 1. The summed E-state index contributed by atoms with van der Waals surface area (Å²) in [5, 5.41) is 9.16. The molecule has 0 fully saturated rings. The molecule has 0 aliphatic heterocycles. The van der Waals surface area contributed by atoms with Crippen molar-refractivity contribution in [3.05, 3.63) is 0 Å². The lowest BCUT2D eigenvalue weighted by Crippen LogP contribution is -2.27. The van der Waals surface area contributed by atoms with Crippen LogP contribution in [0.3, 0.4) is 0 Å². The van der Waals surface area contributed by atoms with Gasteiger partial charge in [-0.2, -0.15) is 0 Å². The first-order valence-corrected chi connectivity index (χ1v) is 20.7. The van der Waals surface area contributed by atoms with Crippen LogP contribution >= 0.6 is 0 Å². The summed E-state index contributed by atoms with van der Waals surface area (Å²) in [5.74, 6) is 0. The molecule has 0 radical (unpaired) electrons. The van der Waals surface area contributed by atoms with Gasteiger partial charge in [-0.25, -0.2) is 0 Å². The average molecular weight is 641 g/mol. The van der Waals surface area contributed by atoms with E-state index in [0.29, 0.717) is 19.8 Å². The zero-order valence-electron chi connectivity index (χ0n) is 31.1. The van der Waals surface area contributed by atoms with Gasteiger partial charge in [-0.3, -0.25) is 0 Å². The van der Waals surface area contributed by atoms with Gasteiger partial charge in [0.15, 0.2) is 0 Å². The first-order valence-electron chi connectivity index (χ1n) is 20.7. The smallest absolute Gasteiger partial charge is 0.104 e. The Morgan fingerprint density at radius 2 is 0.578 bits per heavy atom. The summed E-state index contributed by atoms with van der Waals surface area (Å²) in [7, 11) is 0. The molecule has 272 valence electrons.